The zero-order valence-corrected chi connectivity index (χ0v) is 6.34. The lowest BCUT2D eigenvalue weighted by Gasteiger charge is -1.99. The van der Waals surface area contributed by atoms with Gasteiger partial charge in [-0.2, -0.15) is 5.26 Å². The summed E-state index contributed by atoms with van der Waals surface area (Å²) in [5.41, 5.74) is 0. The minimum atomic E-state index is 0.624. The third-order valence-corrected chi connectivity index (χ3v) is 1.01. The minimum absolute atomic E-state index is 0.624. The van der Waals surface area contributed by atoms with Crippen molar-refractivity contribution in [2.24, 2.45) is 0 Å². The summed E-state index contributed by atoms with van der Waals surface area (Å²) >= 11 is 2.15. The van der Waals surface area contributed by atoms with Crippen LogP contribution >= 0.6 is 22.9 Å². The van der Waals surface area contributed by atoms with Gasteiger partial charge in [-0.25, -0.2) is 3.11 Å². The van der Waals surface area contributed by atoms with Crippen LogP contribution in [0.3, 0.4) is 0 Å². The molecule has 0 N–H and O–H groups in total. The molecule has 0 aliphatic carbocycles. The van der Waals surface area contributed by atoms with Crippen molar-refractivity contribution in [3.8, 4) is 6.07 Å². The summed E-state index contributed by atoms with van der Waals surface area (Å²) in [5, 5.41) is 8.04. The van der Waals surface area contributed by atoms with E-state index in [9.17, 15) is 0 Å². The van der Waals surface area contributed by atoms with Gasteiger partial charge in [-0.3, -0.25) is 0 Å². The van der Waals surface area contributed by atoms with Crippen LogP contribution in [0.2, 0.25) is 0 Å². The maximum Gasteiger partial charge on any atom is 0.0635 e. The Labute approximate surface area is 57.6 Å². The molecule has 0 rings (SSSR count). The average Bonchev–Trinajstić information content (AvgIpc) is 1.61. The van der Waals surface area contributed by atoms with Crippen LogP contribution in [0.5, 0.6) is 0 Å². The van der Waals surface area contributed by atoms with Gasteiger partial charge < -0.3 is 0 Å². The molecule has 0 fully saturated rings. The first-order chi connectivity index (χ1) is 3.27. The Balaban J connectivity index is 2.86. The van der Waals surface area contributed by atoms with E-state index in [2.05, 4.69) is 28.9 Å². The molecule has 0 aliphatic rings. The summed E-state index contributed by atoms with van der Waals surface area (Å²) in [4.78, 5) is 0. The highest BCUT2D eigenvalue weighted by molar-refractivity contribution is 14.1. The molecule has 0 heterocycles. The van der Waals surface area contributed by atoms with Crippen molar-refractivity contribution < 1.29 is 0 Å². The molecule has 7 heavy (non-hydrogen) atoms. The van der Waals surface area contributed by atoms with Gasteiger partial charge in [-0.1, -0.05) is 0 Å². The number of hydrogen-bond donors (Lipinski definition) is 0. The monoisotopic (exact) mass is 210 g/mol. The second kappa shape index (κ2) is 4.34. The van der Waals surface area contributed by atoms with Gasteiger partial charge in [0.05, 0.1) is 6.07 Å². The van der Waals surface area contributed by atoms with Gasteiger partial charge in [0.2, 0.25) is 0 Å². The van der Waals surface area contributed by atoms with Crippen molar-refractivity contribution >= 4 is 22.9 Å². The lowest BCUT2D eigenvalue weighted by Crippen LogP contribution is -2.03. The summed E-state index contributed by atoms with van der Waals surface area (Å²) in [6.45, 7) is 0.858. The zero-order valence-electron chi connectivity index (χ0n) is 4.19. The van der Waals surface area contributed by atoms with Crippen LogP contribution in [0.15, 0.2) is 0 Å². The van der Waals surface area contributed by atoms with E-state index in [1.807, 2.05) is 10.2 Å². The fourth-order valence-electron chi connectivity index (χ4n) is 0.204. The molecule has 40 valence electrons. The SMILES string of the molecule is CN(I)CCC#N. The van der Waals surface area contributed by atoms with E-state index in [4.69, 9.17) is 5.26 Å². The maximum atomic E-state index is 8.04. The first-order valence-electron chi connectivity index (χ1n) is 2.01. The molecule has 0 saturated heterocycles. The minimum Gasteiger partial charge on any atom is -0.250 e. The Morgan fingerprint density at radius 3 is 2.57 bits per heavy atom. The van der Waals surface area contributed by atoms with Crippen LogP contribution in [0.1, 0.15) is 6.42 Å². The average molecular weight is 210 g/mol. The van der Waals surface area contributed by atoms with Crippen LogP contribution in [0, 0.1) is 11.3 Å². The molecule has 0 radical (unpaired) electrons. The Hall–Kier alpha value is 0.180. The topological polar surface area (TPSA) is 27.0 Å². The fourth-order valence-corrected chi connectivity index (χ4v) is 0.445. The number of nitriles is 1. The molecule has 0 saturated carbocycles. The molecule has 0 aromatic rings. The highest BCUT2D eigenvalue weighted by atomic mass is 127. The summed E-state index contributed by atoms with van der Waals surface area (Å²) in [5.74, 6) is 0. The molecule has 0 aromatic heterocycles. The van der Waals surface area contributed by atoms with Crippen LogP contribution < -0.4 is 0 Å². The van der Waals surface area contributed by atoms with Gasteiger partial charge >= 0.3 is 0 Å². The Morgan fingerprint density at radius 1 is 1.86 bits per heavy atom. The smallest absolute Gasteiger partial charge is 0.0635 e. The van der Waals surface area contributed by atoms with Crippen molar-refractivity contribution in [3.63, 3.8) is 0 Å². The molecule has 0 unspecified atom stereocenters. The third kappa shape index (κ3) is 6.18. The van der Waals surface area contributed by atoms with Gasteiger partial charge in [-0.05, 0) is 7.05 Å². The Kier molecular flexibility index (Phi) is 4.45. The van der Waals surface area contributed by atoms with Gasteiger partial charge in [0.1, 0.15) is 0 Å². The molecule has 0 spiro atoms. The highest BCUT2D eigenvalue weighted by Crippen LogP contribution is 1.91. The summed E-state index contributed by atoms with van der Waals surface area (Å²) < 4.78 is 1.96. The van der Waals surface area contributed by atoms with Crippen LogP contribution in [-0.4, -0.2) is 16.7 Å². The normalized spacial score (nSPS) is 8.86. The molecule has 0 atom stereocenters. The van der Waals surface area contributed by atoms with Gasteiger partial charge in [0.15, 0.2) is 0 Å². The third-order valence-electron chi connectivity index (χ3n) is 0.532. The molecular weight excluding hydrogens is 203 g/mol. The highest BCUT2D eigenvalue weighted by Gasteiger charge is 1.85. The lowest BCUT2D eigenvalue weighted by molar-refractivity contribution is 0.622. The molecule has 0 bridgehead atoms. The number of rotatable bonds is 2. The molecule has 2 nitrogen and oxygen atoms in total. The van der Waals surface area contributed by atoms with Crippen molar-refractivity contribution in [2.75, 3.05) is 13.6 Å². The summed E-state index contributed by atoms with van der Waals surface area (Å²) in [7, 11) is 1.94. The largest absolute Gasteiger partial charge is 0.250 e. The molecular formula is C4H7IN2. The quantitative estimate of drug-likeness (QED) is 0.505. The summed E-state index contributed by atoms with van der Waals surface area (Å²) in [6, 6.07) is 2.05. The van der Waals surface area contributed by atoms with Crippen molar-refractivity contribution in [2.45, 2.75) is 6.42 Å². The van der Waals surface area contributed by atoms with Gasteiger partial charge in [0, 0.05) is 35.8 Å². The number of nitrogens with zero attached hydrogens (tertiary/aromatic N) is 2. The van der Waals surface area contributed by atoms with E-state index in [1.54, 1.807) is 0 Å². The first kappa shape index (κ1) is 7.18. The summed E-state index contributed by atoms with van der Waals surface area (Å²) in [6.07, 6.45) is 0.624. The Bertz CT molecular complexity index is 74.2. The van der Waals surface area contributed by atoms with Gasteiger partial charge in [0.25, 0.3) is 0 Å². The van der Waals surface area contributed by atoms with Crippen LogP contribution in [0.25, 0.3) is 0 Å². The molecule has 0 amide bonds. The number of halogens is 1. The predicted octanol–water partition coefficient (Wildman–Crippen LogP) is 1.18. The first-order valence-corrected chi connectivity index (χ1v) is 2.97. The van der Waals surface area contributed by atoms with E-state index >= 15 is 0 Å². The zero-order chi connectivity index (χ0) is 5.70. The van der Waals surface area contributed by atoms with E-state index in [1.165, 1.54) is 0 Å². The van der Waals surface area contributed by atoms with Gasteiger partial charge in [-0.15, -0.1) is 0 Å². The van der Waals surface area contributed by atoms with E-state index in [0.717, 1.165) is 6.54 Å². The van der Waals surface area contributed by atoms with Crippen LogP contribution in [-0.2, 0) is 0 Å². The van der Waals surface area contributed by atoms with Crippen molar-refractivity contribution in [1.82, 2.24) is 3.11 Å². The lowest BCUT2D eigenvalue weighted by atomic mass is 10.5. The Morgan fingerprint density at radius 2 is 2.43 bits per heavy atom. The second-order valence-corrected chi connectivity index (χ2v) is 2.88. The molecule has 3 heteroatoms. The standard InChI is InChI=1S/C4H7IN2/c1-7(5)4-2-3-6/h2,4H2,1H3. The maximum absolute atomic E-state index is 8.04. The van der Waals surface area contributed by atoms with Crippen molar-refractivity contribution in [3.05, 3.63) is 0 Å². The van der Waals surface area contributed by atoms with E-state index < -0.39 is 0 Å². The van der Waals surface area contributed by atoms with E-state index in [-0.39, 0.29) is 0 Å². The number of hydrogen-bond acceptors (Lipinski definition) is 2. The second-order valence-electron chi connectivity index (χ2n) is 1.24. The predicted molar refractivity (Wildman–Crippen MR) is 36.9 cm³/mol. The molecule has 0 aromatic carbocycles. The molecule has 0 aliphatic heterocycles. The fraction of sp³-hybridized carbons (Fsp3) is 0.750. The van der Waals surface area contributed by atoms with E-state index in [0.29, 0.717) is 6.42 Å². The van der Waals surface area contributed by atoms with Crippen molar-refractivity contribution in [1.29, 1.82) is 5.26 Å². The van der Waals surface area contributed by atoms with Crippen LogP contribution in [0.4, 0.5) is 0 Å².